The van der Waals surface area contributed by atoms with E-state index < -0.39 is 0 Å². The standard InChI is InChI=1S/C24H15FN6/c25-16-3-1-2-15(10-16)23-17-12-21(29-19(17)6-9-27-23)24-18-11-20(14-4-7-26-8-5-14)28-13-22(18)30-31-24/h1-13,29H,(H,30,31). The van der Waals surface area contributed by atoms with Gasteiger partial charge in [0, 0.05) is 46.0 Å². The lowest BCUT2D eigenvalue weighted by atomic mass is 10.1. The number of fused-ring (bicyclic) bond motifs is 2. The van der Waals surface area contributed by atoms with Gasteiger partial charge in [-0.15, -0.1) is 0 Å². The van der Waals surface area contributed by atoms with Crippen LogP contribution in [0.5, 0.6) is 0 Å². The number of H-pyrrole nitrogens is 2. The van der Waals surface area contributed by atoms with Crippen LogP contribution < -0.4 is 0 Å². The first kappa shape index (κ1) is 17.5. The number of halogens is 1. The predicted octanol–water partition coefficient (Wildman–Crippen LogP) is 5.37. The van der Waals surface area contributed by atoms with Crippen LogP contribution in [0.4, 0.5) is 4.39 Å². The molecule has 0 aliphatic carbocycles. The molecule has 0 atom stereocenters. The molecule has 0 saturated heterocycles. The minimum Gasteiger partial charge on any atom is -0.353 e. The molecule has 0 radical (unpaired) electrons. The van der Waals surface area contributed by atoms with Crippen molar-refractivity contribution in [3.63, 3.8) is 0 Å². The Morgan fingerprint density at radius 1 is 0.742 bits per heavy atom. The maximum absolute atomic E-state index is 13.8. The van der Waals surface area contributed by atoms with E-state index in [1.807, 2.05) is 36.4 Å². The van der Waals surface area contributed by atoms with Crippen LogP contribution in [0, 0.1) is 5.82 Å². The van der Waals surface area contributed by atoms with Crippen molar-refractivity contribution in [3.05, 3.63) is 85.2 Å². The molecule has 0 aliphatic heterocycles. The van der Waals surface area contributed by atoms with Crippen LogP contribution in [0.25, 0.3) is 55.7 Å². The zero-order chi connectivity index (χ0) is 20.8. The van der Waals surface area contributed by atoms with Gasteiger partial charge in [0.15, 0.2) is 0 Å². The first-order valence-electron chi connectivity index (χ1n) is 9.75. The van der Waals surface area contributed by atoms with Gasteiger partial charge in [0.25, 0.3) is 0 Å². The van der Waals surface area contributed by atoms with Crippen LogP contribution in [0.1, 0.15) is 0 Å². The Morgan fingerprint density at radius 3 is 2.48 bits per heavy atom. The first-order valence-corrected chi connectivity index (χ1v) is 9.75. The second-order valence-electron chi connectivity index (χ2n) is 7.24. The Kier molecular flexibility index (Phi) is 3.86. The number of aromatic nitrogens is 6. The van der Waals surface area contributed by atoms with Crippen molar-refractivity contribution in [2.45, 2.75) is 0 Å². The predicted molar refractivity (Wildman–Crippen MR) is 118 cm³/mol. The molecule has 0 spiro atoms. The molecule has 31 heavy (non-hydrogen) atoms. The van der Waals surface area contributed by atoms with E-state index in [-0.39, 0.29) is 5.82 Å². The second-order valence-corrected chi connectivity index (χ2v) is 7.24. The molecule has 6 nitrogen and oxygen atoms in total. The van der Waals surface area contributed by atoms with E-state index in [1.54, 1.807) is 30.9 Å². The number of nitrogens with zero attached hydrogens (tertiary/aromatic N) is 4. The Labute approximate surface area is 175 Å². The average Bonchev–Trinajstić information content (AvgIpc) is 3.43. The van der Waals surface area contributed by atoms with Crippen molar-refractivity contribution in [2.75, 3.05) is 0 Å². The van der Waals surface area contributed by atoms with Gasteiger partial charge in [0.2, 0.25) is 0 Å². The van der Waals surface area contributed by atoms with Crippen LogP contribution in [0.15, 0.2) is 79.4 Å². The zero-order valence-corrected chi connectivity index (χ0v) is 16.2. The van der Waals surface area contributed by atoms with Gasteiger partial charge in [-0.05, 0) is 42.5 Å². The second kappa shape index (κ2) is 6.84. The number of aromatic amines is 2. The molecule has 5 heterocycles. The molecule has 0 aliphatic rings. The van der Waals surface area contributed by atoms with Gasteiger partial charge in [0.1, 0.15) is 11.5 Å². The van der Waals surface area contributed by atoms with Crippen molar-refractivity contribution in [1.82, 2.24) is 30.1 Å². The zero-order valence-electron chi connectivity index (χ0n) is 16.2. The Hall–Kier alpha value is -4.39. The molecular weight excluding hydrogens is 391 g/mol. The van der Waals surface area contributed by atoms with E-state index in [1.165, 1.54) is 12.1 Å². The van der Waals surface area contributed by atoms with E-state index in [4.69, 9.17) is 0 Å². The third-order valence-corrected chi connectivity index (χ3v) is 5.32. The quantitative estimate of drug-likeness (QED) is 0.414. The van der Waals surface area contributed by atoms with Crippen LogP contribution in [0.2, 0.25) is 0 Å². The molecule has 1 aromatic carbocycles. The fourth-order valence-corrected chi connectivity index (χ4v) is 3.85. The molecule has 2 N–H and O–H groups in total. The number of hydrogen-bond donors (Lipinski definition) is 2. The van der Waals surface area contributed by atoms with Crippen LogP contribution in [0.3, 0.4) is 0 Å². The highest BCUT2D eigenvalue weighted by Crippen LogP contribution is 2.33. The summed E-state index contributed by atoms with van der Waals surface area (Å²) in [6.45, 7) is 0. The Morgan fingerprint density at radius 2 is 1.61 bits per heavy atom. The highest BCUT2D eigenvalue weighted by molar-refractivity contribution is 6.00. The molecule has 0 unspecified atom stereocenters. The summed E-state index contributed by atoms with van der Waals surface area (Å²) in [4.78, 5) is 16.5. The minimum atomic E-state index is -0.290. The summed E-state index contributed by atoms with van der Waals surface area (Å²) >= 11 is 0. The van der Waals surface area contributed by atoms with Crippen LogP contribution in [-0.2, 0) is 0 Å². The Balaban J connectivity index is 1.52. The van der Waals surface area contributed by atoms with Crippen LogP contribution >= 0.6 is 0 Å². The Bertz CT molecular complexity index is 1550. The van der Waals surface area contributed by atoms with Gasteiger partial charge in [0.05, 0.1) is 28.8 Å². The highest BCUT2D eigenvalue weighted by Gasteiger charge is 2.15. The smallest absolute Gasteiger partial charge is 0.123 e. The number of benzene rings is 1. The normalized spacial score (nSPS) is 11.4. The van der Waals surface area contributed by atoms with Crippen molar-refractivity contribution >= 4 is 21.8 Å². The molecular formula is C24H15FN6. The van der Waals surface area contributed by atoms with Gasteiger partial charge < -0.3 is 4.98 Å². The van der Waals surface area contributed by atoms with Gasteiger partial charge in [-0.2, -0.15) is 5.10 Å². The van der Waals surface area contributed by atoms with Gasteiger partial charge in [-0.1, -0.05) is 12.1 Å². The third-order valence-electron chi connectivity index (χ3n) is 5.32. The van der Waals surface area contributed by atoms with Crippen molar-refractivity contribution < 1.29 is 4.39 Å². The van der Waals surface area contributed by atoms with Crippen LogP contribution in [-0.4, -0.2) is 30.1 Å². The maximum atomic E-state index is 13.8. The summed E-state index contributed by atoms with van der Waals surface area (Å²) in [5, 5.41) is 9.43. The monoisotopic (exact) mass is 406 g/mol. The van der Waals surface area contributed by atoms with E-state index in [0.717, 1.165) is 55.7 Å². The van der Waals surface area contributed by atoms with Gasteiger partial charge in [-0.3, -0.25) is 20.1 Å². The van der Waals surface area contributed by atoms with E-state index in [9.17, 15) is 4.39 Å². The lowest BCUT2D eigenvalue weighted by Gasteiger charge is -2.02. The van der Waals surface area contributed by atoms with E-state index in [0.29, 0.717) is 0 Å². The topological polar surface area (TPSA) is 83.1 Å². The third kappa shape index (κ3) is 2.95. The fourth-order valence-electron chi connectivity index (χ4n) is 3.85. The molecule has 0 saturated carbocycles. The summed E-state index contributed by atoms with van der Waals surface area (Å²) in [7, 11) is 0. The molecule has 0 amide bonds. The lowest BCUT2D eigenvalue weighted by Crippen LogP contribution is -1.85. The molecule has 148 valence electrons. The molecule has 5 aromatic heterocycles. The summed E-state index contributed by atoms with van der Waals surface area (Å²) in [6.07, 6.45) is 6.99. The first-order chi connectivity index (χ1) is 15.3. The largest absolute Gasteiger partial charge is 0.353 e. The number of hydrogen-bond acceptors (Lipinski definition) is 4. The van der Waals surface area contributed by atoms with Crippen molar-refractivity contribution in [2.24, 2.45) is 0 Å². The van der Waals surface area contributed by atoms with Crippen molar-refractivity contribution in [3.8, 4) is 33.9 Å². The molecule has 6 rings (SSSR count). The lowest BCUT2D eigenvalue weighted by molar-refractivity contribution is 0.628. The van der Waals surface area contributed by atoms with Gasteiger partial charge >= 0.3 is 0 Å². The maximum Gasteiger partial charge on any atom is 0.123 e. The molecule has 0 fully saturated rings. The summed E-state index contributed by atoms with van der Waals surface area (Å²) < 4.78 is 13.8. The van der Waals surface area contributed by atoms with Crippen molar-refractivity contribution in [1.29, 1.82) is 0 Å². The summed E-state index contributed by atoms with van der Waals surface area (Å²) in [6, 6.07) is 16.2. The number of pyridine rings is 3. The fraction of sp³-hybridized carbons (Fsp3) is 0. The summed E-state index contributed by atoms with van der Waals surface area (Å²) in [5.74, 6) is -0.290. The summed E-state index contributed by atoms with van der Waals surface area (Å²) in [5.41, 5.74) is 6.66. The van der Waals surface area contributed by atoms with E-state index in [2.05, 4.69) is 30.1 Å². The molecule has 7 heteroatoms. The average molecular weight is 406 g/mol. The minimum absolute atomic E-state index is 0.290. The molecule has 0 bridgehead atoms. The highest BCUT2D eigenvalue weighted by atomic mass is 19.1. The SMILES string of the molecule is Fc1cccc(-c2nccc3[nH]c(-c4n[nH]c5cnc(-c6ccncc6)cc45)cc23)c1. The van der Waals surface area contributed by atoms with E-state index >= 15 is 0 Å². The van der Waals surface area contributed by atoms with Gasteiger partial charge in [-0.25, -0.2) is 4.39 Å². The number of nitrogens with one attached hydrogen (secondary N) is 2. The molecule has 6 aromatic rings. The number of rotatable bonds is 3.